The summed E-state index contributed by atoms with van der Waals surface area (Å²) in [5.74, 6) is 2.28. The van der Waals surface area contributed by atoms with E-state index in [1.807, 2.05) is 30.3 Å². The van der Waals surface area contributed by atoms with Gasteiger partial charge in [0.15, 0.2) is 5.96 Å². The lowest BCUT2D eigenvalue weighted by Gasteiger charge is -2.27. The molecule has 7 heteroatoms. The lowest BCUT2D eigenvalue weighted by molar-refractivity contribution is -0.127. The minimum atomic E-state index is -0.163. The van der Waals surface area contributed by atoms with Crippen molar-refractivity contribution in [1.29, 1.82) is 0 Å². The number of hydrogen-bond donors (Lipinski definition) is 2. The molecule has 29 heavy (non-hydrogen) atoms. The largest absolute Gasteiger partial charge is 0.497 e. The summed E-state index contributed by atoms with van der Waals surface area (Å²) >= 11 is 0. The Bertz CT molecular complexity index is 798. The second kappa shape index (κ2) is 10.5. The van der Waals surface area contributed by atoms with Crippen LogP contribution in [0.3, 0.4) is 0 Å². The van der Waals surface area contributed by atoms with Crippen LogP contribution in [-0.4, -0.2) is 57.6 Å². The van der Waals surface area contributed by atoms with Crippen LogP contribution in [0.2, 0.25) is 0 Å². The van der Waals surface area contributed by atoms with E-state index in [0.717, 1.165) is 23.5 Å². The van der Waals surface area contributed by atoms with Crippen LogP contribution in [0.1, 0.15) is 25.2 Å². The number of guanidine groups is 1. The van der Waals surface area contributed by atoms with Gasteiger partial charge in [0.2, 0.25) is 5.91 Å². The highest BCUT2D eigenvalue weighted by molar-refractivity contribution is 5.84. The van der Waals surface area contributed by atoms with Gasteiger partial charge in [-0.15, -0.1) is 0 Å². The van der Waals surface area contributed by atoms with Crippen LogP contribution in [0.5, 0.6) is 5.75 Å². The first-order chi connectivity index (χ1) is 13.8. The molecule has 0 aliphatic heterocycles. The fourth-order valence-electron chi connectivity index (χ4n) is 2.67. The molecule has 1 heterocycles. The Hall–Kier alpha value is -2.96. The Morgan fingerprint density at radius 2 is 2.00 bits per heavy atom. The molecule has 0 aliphatic rings. The normalized spacial score (nSPS) is 11.8. The SMILES string of the molecule is COc1cccc(C(C)(C)CNC(=NCC(=O)N(C)C)NCCc2ccco2)c1. The molecular weight excluding hydrogens is 368 g/mol. The van der Waals surface area contributed by atoms with Crippen LogP contribution in [0.15, 0.2) is 52.1 Å². The molecule has 0 bridgehead atoms. The number of aliphatic imine (C=N–C) groups is 1. The summed E-state index contributed by atoms with van der Waals surface area (Å²) in [5.41, 5.74) is 0.993. The molecule has 0 unspecified atom stereocenters. The van der Waals surface area contributed by atoms with Crippen molar-refractivity contribution in [3.05, 3.63) is 54.0 Å². The van der Waals surface area contributed by atoms with Crippen molar-refractivity contribution < 1.29 is 13.9 Å². The summed E-state index contributed by atoms with van der Waals surface area (Å²) < 4.78 is 10.7. The summed E-state index contributed by atoms with van der Waals surface area (Å²) in [6.45, 7) is 5.68. The number of nitrogens with zero attached hydrogens (tertiary/aromatic N) is 2. The molecule has 7 nitrogen and oxygen atoms in total. The third kappa shape index (κ3) is 7.18. The number of nitrogens with one attached hydrogen (secondary N) is 2. The molecule has 1 amide bonds. The molecule has 158 valence electrons. The molecule has 2 aromatic rings. The summed E-state index contributed by atoms with van der Waals surface area (Å²) in [6, 6.07) is 11.9. The van der Waals surface area contributed by atoms with Crippen LogP contribution < -0.4 is 15.4 Å². The van der Waals surface area contributed by atoms with Crippen molar-refractivity contribution >= 4 is 11.9 Å². The molecule has 0 atom stereocenters. The first-order valence-corrected chi connectivity index (χ1v) is 9.71. The van der Waals surface area contributed by atoms with Gasteiger partial charge in [-0.1, -0.05) is 26.0 Å². The summed E-state index contributed by atoms with van der Waals surface area (Å²) in [7, 11) is 5.11. The van der Waals surface area contributed by atoms with Crippen LogP contribution in [0.25, 0.3) is 0 Å². The number of likely N-dealkylation sites (N-methyl/N-ethyl adjacent to an activating group) is 1. The predicted octanol–water partition coefficient (Wildman–Crippen LogP) is 2.43. The number of methoxy groups -OCH3 is 1. The number of rotatable bonds is 9. The first-order valence-electron chi connectivity index (χ1n) is 9.71. The van der Waals surface area contributed by atoms with Crippen molar-refractivity contribution in [2.75, 3.05) is 40.8 Å². The maximum Gasteiger partial charge on any atom is 0.243 e. The molecule has 0 saturated carbocycles. The average Bonchev–Trinajstić information content (AvgIpc) is 3.22. The summed E-state index contributed by atoms with van der Waals surface area (Å²) in [4.78, 5) is 17.9. The van der Waals surface area contributed by atoms with E-state index >= 15 is 0 Å². The van der Waals surface area contributed by atoms with Crippen molar-refractivity contribution in [3.63, 3.8) is 0 Å². The molecule has 0 radical (unpaired) electrons. The maximum atomic E-state index is 11.9. The molecular formula is C22H32N4O3. The van der Waals surface area contributed by atoms with Gasteiger partial charge in [-0.05, 0) is 29.8 Å². The van der Waals surface area contributed by atoms with Crippen molar-refractivity contribution in [2.24, 2.45) is 4.99 Å². The highest BCUT2D eigenvalue weighted by Crippen LogP contribution is 2.25. The standard InChI is InChI=1S/C22H32N4O3/c1-22(2,17-8-6-9-19(14-17)28-5)16-25-21(24-15-20(27)26(3)4)23-12-11-18-10-7-13-29-18/h6-10,13-14H,11-12,15-16H2,1-5H3,(H2,23,24,25). The average molecular weight is 401 g/mol. The zero-order valence-electron chi connectivity index (χ0n) is 18.0. The second-order valence-electron chi connectivity index (χ2n) is 7.68. The van der Waals surface area contributed by atoms with E-state index in [2.05, 4.69) is 35.5 Å². The first kappa shape index (κ1) is 22.3. The lowest BCUT2D eigenvalue weighted by Crippen LogP contribution is -2.44. The zero-order valence-corrected chi connectivity index (χ0v) is 18.0. The van der Waals surface area contributed by atoms with Gasteiger partial charge >= 0.3 is 0 Å². The monoisotopic (exact) mass is 400 g/mol. The molecule has 0 aliphatic carbocycles. The smallest absolute Gasteiger partial charge is 0.243 e. The molecule has 1 aromatic carbocycles. The van der Waals surface area contributed by atoms with Crippen molar-refractivity contribution in [3.8, 4) is 5.75 Å². The third-order valence-electron chi connectivity index (χ3n) is 4.66. The highest BCUT2D eigenvalue weighted by Gasteiger charge is 2.21. The van der Waals surface area contributed by atoms with Gasteiger partial charge in [-0.3, -0.25) is 4.79 Å². The zero-order chi connectivity index (χ0) is 21.3. The number of furan rings is 1. The van der Waals surface area contributed by atoms with Crippen LogP contribution in [0.4, 0.5) is 0 Å². The minimum absolute atomic E-state index is 0.0517. The van der Waals surface area contributed by atoms with E-state index in [4.69, 9.17) is 9.15 Å². The van der Waals surface area contributed by atoms with E-state index in [9.17, 15) is 4.79 Å². The fourth-order valence-corrected chi connectivity index (χ4v) is 2.67. The van der Waals surface area contributed by atoms with E-state index < -0.39 is 0 Å². The van der Waals surface area contributed by atoms with Gasteiger partial charge in [-0.2, -0.15) is 0 Å². The minimum Gasteiger partial charge on any atom is -0.497 e. The molecule has 2 rings (SSSR count). The fraction of sp³-hybridized carbons (Fsp3) is 0.455. The van der Waals surface area contributed by atoms with Gasteiger partial charge in [0.25, 0.3) is 0 Å². The Labute approximate surface area is 173 Å². The molecule has 0 saturated heterocycles. The molecule has 0 fully saturated rings. The molecule has 2 N–H and O–H groups in total. The van der Waals surface area contributed by atoms with Gasteiger partial charge in [-0.25, -0.2) is 4.99 Å². The van der Waals surface area contributed by atoms with Gasteiger partial charge in [0, 0.05) is 39.0 Å². The topological polar surface area (TPSA) is 79.1 Å². The van der Waals surface area contributed by atoms with E-state index in [-0.39, 0.29) is 17.9 Å². The van der Waals surface area contributed by atoms with Gasteiger partial charge in [0.05, 0.1) is 13.4 Å². The number of benzene rings is 1. The van der Waals surface area contributed by atoms with Crippen LogP contribution >= 0.6 is 0 Å². The van der Waals surface area contributed by atoms with Gasteiger partial charge in [0.1, 0.15) is 18.1 Å². The second-order valence-corrected chi connectivity index (χ2v) is 7.68. The highest BCUT2D eigenvalue weighted by atomic mass is 16.5. The quantitative estimate of drug-likeness (QED) is 0.499. The predicted molar refractivity (Wildman–Crippen MR) is 115 cm³/mol. The van der Waals surface area contributed by atoms with Gasteiger partial charge < -0.3 is 24.7 Å². The van der Waals surface area contributed by atoms with E-state index in [1.54, 1.807) is 27.5 Å². The summed E-state index contributed by atoms with van der Waals surface area (Å²) in [5, 5.41) is 6.65. The number of carbonyl (C=O) groups is 1. The molecule has 1 aromatic heterocycles. The maximum absolute atomic E-state index is 11.9. The van der Waals surface area contributed by atoms with E-state index in [1.165, 1.54) is 4.90 Å². The Kier molecular flexibility index (Phi) is 8.12. The van der Waals surface area contributed by atoms with Crippen LogP contribution in [0, 0.1) is 0 Å². The summed E-state index contributed by atoms with van der Waals surface area (Å²) in [6.07, 6.45) is 2.39. The number of ether oxygens (including phenoxy) is 1. The van der Waals surface area contributed by atoms with E-state index in [0.29, 0.717) is 19.0 Å². The number of carbonyl (C=O) groups excluding carboxylic acids is 1. The number of amides is 1. The Morgan fingerprint density at radius 1 is 1.21 bits per heavy atom. The number of hydrogen-bond acceptors (Lipinski definition) is 4. The van der Waals surface area contributed by atoms with Crippen molar-refractivity contribution in [2.45, 2.75) is 25.7 Å². The lowest BCUT2D eigenvalue weighted by atomic mass is 9.84. The Balaban J connectivity index is 2.02. The molecule has 0 spiro atoms. The van der Waals surface area contributed by atoms with Crippen LogP contribution in [-0.2, 0) is 16.6 Å². The Morgan fingerprint density at radius 3 is 2.66 bits per heavy atom. The third-order valence-corrected chi connectivity index (χ3v) is 4.66. The van der Waals surface area contributed by atoms with Crippen molar-refractivity contribution in [1.82, 2.24) is 15.5 Å².